The number of carbonyl (C=O) groups is 1. The normalized spacial score (nSPS) is 12.3. The van der Waals surface area contributed by atoms with E-state index in [1.54, 1.807) is 0 Å². The van der Waals surface area contributed by atoms with Crippen molar-refractivity contribution in [1.82, 2.24) is 9.78 Å². The summed E-state index contributed by atoms with van der Waals surface area (Å²) in [5, 5.41) is 17.2. The first-order valence-corrected chi connectivity index (χ1v) is 6.40. The van der Waals surface area contributed by atoms with E-state index in [1.807, 2.05) is 0 Å². The summed E-state index contributed by atoms with van der Waals surface area (Å²) in [6.07, 6.45) is -4.00. The van der Waals surface area contributed by atoms with Crippen LogP contribution in [0, 0.1) is 10.1 Å². The van der Waals surface area contributed by atoms with Gasteiger partial charge in [0, 0.05) is 4.91 Å². The van der Waals surface area contributed by atoms with Crippen LogP contribution in [0.5, 0.6) is 0 Å². The van der Waals surface area contributed by atoms with Gasteiger partial charge in [-0.3, -0.25) is 14.9 Å². The summed E-state index contributed by atoms with van der Waals surface area (Å²) in [4.78, 5) is 23.6. The molecule has 0 bridgehead atoms. The average molecular weight is 355 g/mol. The highest BCUT2D eigenvalue weighted by Crippen LogP contribution is 2.36. The molecule has 0 aliphatic rings. The number of aromatic nitrogens is 2. The van der Waals surface area contributed by atoms with Crippen LogP contribution in [0.4, 0.5) is 18.9 Å². The van der Waals surface area contributed by atoms with E-state index >= 15 is 0 Å². The molecule has 0 aliphatic carbocycles. The Hall–Kier alpha value is -3.60. The summed E-state index contributed by atoms with van der Waals surface area (Å²) in [6.45, 7) is 0. The fraction of sp³-hybridized carbons (Fsp3) is 0.167. The maximum Gasteiger partial charge on any atom is 0.401 e. The number of primary amides is 1. The second-order valence-corrected chi connectivity index (χ2v) is 4.65. The zero-order chi connectivity index (χ0) is 18.8. The molecule has 1 aromatic heterocycles. The van der Waals surface area contributed by atoms with Gasteiger partial charge in [-0.25, -0.2) is 4.68 Å². The third-order valence-corrected chi connectivity index (χ3v) is 3.11. The van der Waals surface area contributed by atoms with Gasteiger partial charge in [0.1, 0.15) is 6.20 Å². The lowest BCUT2D eigenvalue weighted by molar-refractivity contribution is -0.385. The van der Waals surface area contributed by atoms with Crippen LogP contribution in [0.1, 0.15) is 22.1 Å². The van der Waals surface area contributed by atoms with E-state index in [1.165, 1.54) is 0 Å². The quantitative estimate of drug-likeness (QED) is 0.288. The second-order valence-electron chi connectivity index (χ2n) is 4.65. The molecule has 13 heteroatoms. The molecule has 0 saturated heterocycles. The van der Waals surface area contributed by atoms with Crippen LogP contribution in [0.15, 0.2) is 35.6 Å². The zero-order valence-corrected chi connectivity index (χ0v) is 12.1. The topological polar surface area (TPSA) is 153 Å². The molecule has 0 aliphatic heterocycles. The van der Waals surface area contributed by atoms with Crippen LogP contribution in [-0.4, -0.2) is 26.8 Å². The van der Waals surface area contributed by atoms with Gasteiger partial charge in [-0.2, -0.15) is 18.3 Å². The van der Waals surface area contributed by atoms with Gasteiger partial charge in [-0.15, -0.1) is 0 Å². The molecule has 10 nitrogen and oxygen atoms in total. The van der Waals surface area contributed by atoms with E-state index in [0.29, 0.717) is 0 Å². The van der Waals surface area contributed by atoms with E-state index in [-0.39, 0.29) is 11.3 Å². The molecule has 2 rings (SSSR count). The Balaban J connectivity index is 2.49. The molecule has 0 spiro atoms. The lowest BCUT2D eigenvalue weighted by atomic mass is 10.1. The molecule has 2 N–H and O–H groups in total. The van der Waals surface area contributed by atoms with Crippen LogP contribution in [0.2, 0.25) is 0 Å². The predicted octanol–water partition coefficient (Wildman–Crippen LogP) is 2.79. The number of carbonyl (C=O) groups excluding carboxylic acids is 1. The number of amides is 1. The van der Waals surface area contributed by atoms with Crippen molar-refractivity contribution in [2.75, 3.05) is 0 Å². The number of benzene rings is 1. The smallest absolute Gasteiger partial charge is 0.364 e. The average Bonchev–Trinajstić information content (AvgIpc) is 2.97. The van der Waals surface area contributed by atoms with Crippen LogP contribution in [-0.2, 0) is 0 Å². The molecule has 130 valence electrons. The monoisotopic (exact) mass is 355 g/mol. The minimum absolute atomic E-state index is 0.0625. The summed E-state index contributed by atoms with van der Waals surface area (Å²) >= 11 is 0. The summed E-state index contributed by atoms with van der Waals surface area (Å²) in [5.41, 5.74) is 11.9. The minimum Gasteiger partial charge on any atom is -0.364 e. The second kappa shape index (κ2) is 6.49. The third-order valence-electron chi connectivity index (χ3n) is 3.11. The predicted molar refractivity (Wildman–Crippen MR) is 76.7 cm³/mol. The Morgan fingerprint density at radius 3 is 2.44 bits per heavy atom. The van der Waals surface area contributed by atoms with Crippen LogP contribution in [0.25, 0.3) is 16.1 Å². The summed E-state index contributed by atoms with van der Waals surface area (Å²) in [5.74, 6) is -1.13. The standard InChI is InChI=1S/C12H8F3N7O3/c13-12(14,15)10(19-20-17)6-1-3-7(4-2-6)21-9(11(16)23)8(5-18-21)22(24)25/h1-5,10H,(H2,16,23). The highest BCUT2D eigenvalue weighted by Gasteiger charge is 2.40. The number of azide groups is 1. The Bertz CT molecular complexity index is 869. The van der Waals surface area contributed by atoms with E-state index in [9.17, 15) is 28.1 Å². The zero-order valence-electron chi connectivity index (χ0n) is 12.1. The summed E-state index contributed by atoms with van der Waals surface area (Å²) < 4.78 is 39.4. The Morgan fingerprint density at radius 1 is 1.40 bits per heavy atom. The fourth-order valence-corrected chi connectivity index (χ4v) is 2.07. The first kappa shape index (κ1) is 17.7. The number of nitrogens with zero attached hydrogens (tertiary/aromatic N) is 6. The van der Waals surface area contributed by atoms with Crippen molar-refractivity contribution in [2.45, 2.75) is 12.2 Å². The van der Waals surface area contributed by atoms with Crippen molar-refractivity contribution in [1.29, 1.82) is 0 Å². The molecule has 2 aromatic rings. The molecular formula is C12H8F3N7O3. The first-order chi connectivity index (χ1) is 11.7. The van der Waals surface area contributed by atoms with Crippen molar-refractivity contribution >= 4 is 11.6 Å². The maximum absolute atomic E-state index is 12.9. The first-order valence-electron chi connectivity index (χ1n) is 6.40. The van der Waals surface area contributed by atoms with E-state index < -0.39 is 34.4 Å². The Kier molecular flexibility index (Phi) is 4.61. The Morgan fingerprint density at radius 2 is 2.00 bits per heavy atom. The van der Waals surface area contributed by atoms with E-state index in [4.69, 9.17) is 11.3 Å². The molecule has 0 radical (unpaired) electrons. The number of nitrogens with two attached hydrogens (primary N) is 1. The highest BCUT2D eigenvalue weighted by molar-refractivity contribution is 5.95. The SMILES string of the molecule is [N-]=[N+]=NC(c1ccc(-n2ncc([N+](=O)[O-])c2C(N)=O)cc1)C(F)(F)F. The molecule has 1 amide bonds. The van der Waals surface area contributed by atoms with E-state index in [0.717, 1.165) is 35.1 Å². The van der Waals surface area contributed by atoms with Gasteiger partial charge < -0.3 is 5.73 Å². The molecule has 0 saturated carbocycles. The van der Waals surface area contributed by atoms with Crippen molar-refractivity contribution in [3.63, 3.8) is 0 Å². The Labute approximate surface area is 136 Å². The molecule has 1 heterocycles. The molecule has 0 fully saturated rings. The minimum atomic E-state index is -4.80. The van der Waals surface area contributed by atoms with Gasteiger partial charge in [0.15, 0.2) is 6.04 Å². The third kappa shape index (κ3) is 3.50. The van der Waals surface area contributed by atoms with Gasteiger partial charge in [0.2, 0.25) is 5.69 Å². The molecular weight excluding hydrogens is 347 g/mol. The number of halogens is 3. The molecule has 1 atom stereocenters. The van der Waals surface area contributed by atoms with Gasteiger partial charge >= 0.3 is 11.9 Å². The van der Waals surface area contributed by atoms with Crippen LogP contribution < -0.4 is 5.73 Å². The summed E-state index contributed by atoms with van der Waals surface area (Å²) in [7, 11) is 0. The number of rotatable bonds is 5. The fourth-order valence-electron chi connectivity index (χ4n) is 2.07. The molecule has 1 unspecified atom stereocenters. The largest absolute Gasteiger partial charge is 0.401 e. The number of hydrogen-bond donors (Lipinski definition) is 1. The van der Waals surface area contributed by atoms with Crippen LogP contribution >= 0.6 is 0 Å². The number of nitro groups is 1. The maximum atomic E-state index is 12.9. The number of alkyl halides is 3. The highest BCUT2D eigenvalue weighted by atomic mass is 19.4. The molecule has 25 heavy (non-hydrogen) atoms. The number of hydrogen-bond acceptors (Lipinski definition) is 5. The lowest BCUT2D eigenvalue weighted by Gasteiger charge is -2.15. The molecule has 1 aromatic carbocycles. The van der Waals surface area contributed by atoms with Crippen molar-refractivity contribution in [3.8, 4) is 5.69 Å². The van der Waals surface area contributed by atoms with Gasteiger partial charge in [-0.1, -0.05) is 17.2 Å². The van der Waals surface area contributed by atoms with Gasteiger partial charge in [-0.05, 0) is 23.2 Å². The van der Waals surface area contributed by atoms with Gasteiger partial charge in [0.05, 0.1) is 10.6 Å². The lowest BCUT2D eigenvalue weighted by Crippen LogP contribution is -2.19. The summed E-state index contributed by atoms with van der Waals surface area (Å²) in [6, 6.07) is 1.86. The van der Waals surface area contributed by atoms with E-state index in [2.05, 4.69) is 15.1 Å². The van der Waals surface area contributed by atoms with Crippen molar-refractivity contribution in [3.05, 3.63) is 62.3 Å². The van der Waals surface area contributed by atoms with Crippen molar-refractivity contribution < 1.29 is 22.9 Å². The van der Waals surface area contributed by atoms with Gasteiger partial charge in [0.25, 0.3) is 5.91 Å². The van der Waals surface area contributed by atoms with Crippen molar-refractivity contribution in [2.24, 2.45) is 10.8 Å². The van der Waals surface area contributed by atoms with Crippen LogP contribution in [0.3, 0.4) is 0 Å².